The summed E-state index contributed by atoms with van der Waals surface area (Å²) >= 11 is 6.15. The maximum atomic E-state index is 13.7. The van der Waals surface area contributed by atoms with E-state index in [-0.39, 0.29) is 11.9 Å². The quantitative estimate of drug-likeness (QED) is 0.466. The van der Waals surface area contributed by atoms with Gasteiger partial charge in [0.2, 0.25) is 21.8 Å². The number of anilines is 1. The zero-order chi connectivity index (χ0) is 26.3. The van der Waals surface area contributed by atoms with Gasteiger partial charge in [-0.1, -0.05) is 67.8 Å². The number of aryl methyl sites for hydroxylation is 1. The smallest absolute Gasteiger partial charge is 0.244 e. The first kappa shape index (κ1) is 28.0. The Labute approximate surface area is 219 Å². The monoisotopic (exact) mass is 533 g/mol. The number of rotatable bonds is 11. The molecule has 0 radical (unpaired) electrons. The first-order valence-corrected chi connectivity index (χ1v) is 14.7. The average molecular weight is 534 g/mol. The van der Waals surface area contributed by atoms with Gasteiger partial charge in [-0.15, -0.1) is 0 Å². The van der Waals surface area contributed by atoms with Gasteiger partial charge in [-0.05, 0) is 55.9 Å². The lowest BCUT2D eigenvalue weighted by Crippen LogP contribution is -2.54. The number of halogens is 1. The molecule has 1 aliphatic rings. The van der Waals surface area contributed by atoms with Crippen molar-refractivity contribution >= 4 is 39.1 Å². The zero-order valence-electron chi connectivity index (χ0n) is 21.2. The lowest BCUT2D eigenvalue weighted by molar-refractivity contribution is -0.139. The summed E-state index contributed by atoms with van der Waals surface area (Å²) in [6, 6.07) is 14.1. The maximum Gasteiger partial charge on any atom is 0.244 e. The van der Waals surface area contributed by atoms with E-state index in [9.17, 15) is 18.0 Å². The lowest BCUT2D eigenvalue weighted by atomic mass is 10.1. The highest BCUT2D eigenvalue weighted by atomic mass is 35.5. The molecule has 36 heavy (non-hydrogen) atoms. The van der Waals surface area contributed by atoms with Gasteiger partial charge < -0.3 is 10.2 Å². The van der Waals surface area contributed by atoms with Crippen molar-refractivity contribution in [2.45, 2.75) is 64.5 Å². The Morgan fingerprint density at radius 1 is 1.11 bits per heavy atom. The largest absolute Gasteiger partial charge is 0.352 e. The molecule has 1 N–H and O–H groups in total. The summed E-state index contributed by atoms with van der Waals surface area (Å²) in [5.74, 6) is -0.611. The first-order valence-electron chi connectivity index (χ1n) is 12.5. The molecule has 0 unspecified atom stereocenters. The Kier molecular flexibility index (Phi) is 9.79. The second kappa shape index (κ2) is 12.6. The molecule has 3 rings (SSSR count). The van der Waals surface area contributed by atoms with Crippen LogP contribution in [0.5, 0.6) is 0 Å². The molecule has 0 saturated heterocycles. The summed E-state index contributed by atoms with van der Waals surface area (Å²) in [4.78, 5) is 28.6. The SMILES string of the molecule is CC[C@H](C(=O)NC1CCCC1)N(CCc1ccccc1)C(=O)CN(c1cc(Cl)ccc1C)S(C)(=O)=O. The highest BCUT2D eigenvalue weighted by Crippen LogP contribution is 2.27. The fourth-order valence-electron chi connectivity index (χ4n) is 4.71. The third-order valence-electron chi connectivity index (χ3n) is 6.69. The van der Waals surface area contributed by atoms with Crippen molar-refractivity contribution in [1.29, 1.82) is 0 Å². The van der Waals surface area contributed by atoms with Gasteiger partial charge in [-0.2, -0.15) is 0 Å². The van der Waals surface area contributed by atoms with E-state index in [0.717, 1.165) is 41.8 Å². The standard InChI is InChI=1S/C27H36ClN3O4S/c1-4-24(27(33)29-23-12-8-9-13-23)30(17-16-21-10-6-5-7-11-21)26(32)19-31(36(3,34)35)25-18-22(28)15-14-20(25)2/h5-7,10-11,14-15,18,23-24H,4,8-9,12-13,16-17,19H2,1-3H3,(H,29,33)/t24-/m1/s1. The molecule has 0 aliphatic heterocycles. The van der Waals surface area contributed by atoms with Gasteiger partial charge in [-0.25, -0.2) is 8.42 Å². The number of carbonyl (C=O) groups excluding carboxylic acids is 2. The van der Waals surface area contributed by atoms with Crippen molar-refractivity contribution in [3.63, 3.8) is 0 Å². The fraction of sp³-hybridized carbons (Fsp3) is 0.481. The number of hydrogen-bond acceptors (Lipinski definition) is 4. The molecule has 0 aromatic heterocycles. The summed E-state index contributed by atoms with van der Waals surface area (Å²) in [7, 11) is -3.80. The molecule has 196 valence electrons. The Bertz CT molecular complexity index is 1150. The van der Waals surface area contributed by atoms with Crippen LogP contribution in [-0.2, 0) is 26.0 Å². The second-order valence-corrected chi connectivity index (χ2v) is 11.8. The molecule has 2 amide bonds. The Hall–Kier alpha value is -2.58. The van der Waals surface area contributed by atoms with Crippen LogP contribution in [0.15, 0.2) is 48.5 Å². The van der Waals surface area contributed by atoms with Gasteiger partial charge in [-0.3, -0.25) is 13.9 Å². The molecule has 1 saturated carbocycles. The van der Waals surface area contributed by atoms with Gasteiger partial charge in [0.05, 0.1) is 11.9 Å². The minimum absolute atomic E-state index is 0.124. The molecule has 0 spiro atoms. The number of sulfonamides is 1. The van der Waals surface area contributed by atoms with Crippen LogP contribution in [-0.4, -0.2) is 56.6 Å². The summed E-state index contributed by atoms with van der Waals surface area (Å²) in [6.45, 7) is 3.52. The molecule has 1 atom stereocenters. The zero-order valence-corrected chi connectivity index (χ0v) is 22.8. The topological polar surface area (TPSA) is 86.8 Å². The molecule has 1 aliphatic carbocycles. The van der Waals surface area contributed by atoms with Gasteiger partial charge >= 0.3 is 0 Å². The number of nitrogens with zero attached hydrogens (tertiary/aromatic N) is 2. The Balaban J connectivity index is 1.89. The minimum Gasteiger partial charge on any atom is -0.352 e. The van der Waals surface area contributed by atoms with E-state index in [2.05, 4.69) is 5.32 Å². The van der Waals surface area contributed by atoms with E-state index in [1.807, 2.05) is 37.3 Å². The van der Waals surface area contributed by atoms with Gasteiger partial charge in [0.1, 0.15) is 12.6 Å². The summed E-state index contributed by atoms with van der Waals surface area (Å²) in [5.41, 5.74) is 2.07. The van der Waals surface area contributed by atoms with Crippen LogP contribution in [0.25, 0.3) is 0 Å². The Morgan fingerprint density at radius 2 is 1.78 bits per heavy atom. The normalized spacial score (nSPS) is 14.9. The van der Waals surface area contributed by atoms with Gasteiger partial charge in [0, 0.05) is 17.6 Å². The van der Waals surface area contributed by atoms with Crippen molar-refractivity contribution in [3.8, 4) is 0 Å². The first-order chi connectivity index (χ1) is 17.1. The van der Waals surface area contributed by atoms with Crippen molar-refractivity contribution in [2.24, 2.45) is 0 Å². The number of amides is 2. The summed E-state index contributed by atoms with van der Waals surface area (Å²) < 4.78 is 26.6. The number of benzene rings is 2. The summed E-state index contributed by atoms with van der Waals surface area (Å²) in [6.07, 6.45) is 6.09. The van der Waals surface area contributed by atoms with Crippen LogP contribution >= 0.6 is 11.6 Å². The number of carbonyl (C=O) groups is 2. The molecule has 2 aromatic rings. The molecular formula is C27H36ClN3O4S. The van der Waals surface area contributed by atoms with Crippen LogP contribution in [0, 0.1) is 6.92 Å². The lowest BCUT2D eigenvalue weighted by Gasteiger charge is -2.33. The predicted octanol–water partition coefficient (Wildman–Crippen LogP) is 4.32. The van der Waals surface area contributed by atoms with Crippen LogP contribution in [0.4, 0.5) is 5.69 Å². The number of hydrogen-bond donors (Lipinski definition) is 1. The predicted molar refractivity (Wildman–Crippen MR) is 145 cm³/mol. The van der Waals surface area contributed by atoms with E-state index in [1.54, 1.807) is 25.1 Å². The van der Waals surface area contributed by atoms with Crippen molar-refractivity contribution in [1.82, 2.24) is 10.2 Å². The van der Waals surface area contributed by atoms with E-state index < -0.39 is 28.5 Å². The molecule has 7 nitrogen and oxygen atoms in total. The van der Waals surface area contributed by atoms with E-state index in [4.69, 9.17) is 11.6 Å². The van der Waals surface area contributed by atoms with E-state index in [0.29, 0.717) is 35.7 Å². The van der Waals surface area contributed by atoms with Crippen LogP contribution in [0.3, 0.4) is 0 Å². The molecular weight excluding hydrogens is 498 g/mol. The molecule has 0 heterocycles. The Morgan fingerprint density at radius 3 is 2.39 bits per heavy atom. The summed E-state index contributed by atoms with van der Waals surface area (Å²) in [5, 5.41) is 3.49. The molecule has 9 heteroatoms. The number of nitrogens with one attached hydrogen (secondary N) is 1. The third kappa shape index (κ3) is 7.46. The van der Waals surface area contributed by atoms with Crippen molar-refractivity contribution in [3.05, 3.63) is 64.7 Å². The molecule has 0 bridgehead atoms. The second-order valence-electron chi connectivity index (χ2n) is 9.44. The van der Waals surface area contributed by atoms with Gasteiger partial charge in [0.15, 0.2) is 0 Å². The molecule has 2 aromatic carbocycles. The van der Waals surface area contributed by atoms with Crippen molar-refractivity contribution < 1.29 is 18.0 Å². The average Bonchev–Trinajstić information content (AvgIpc) is 3.34. The highest BCUT2D eigenvalue weighted by Gasteiger charge is 2.33. The van der Waals surface area contributed by atoms with Crippen LogP contribution in [0.1, 0.15) is 50.2 Å². The maximum absolute atomic E-state index is 13.7. The third-order valence-corrected chi connectivity index (χ3v) is 8.05. The van der Waals surface area contributed by atoms with Crippen LogP contribution < -0.4 is 9.62 Å². The van der Waals surface area contributed by atoms with E-state index >= 15 is 0 Å². The van der Waals surface area contributed by atoms with Crippen molar-refractivity contribution in [2.75, 3.05) is 23.7 Å². The fourth-order valence-corrected chi connectivity index (χ4v) is 5.77. The highest BCUT2D eigenvalue weighted by molar-refractivity contribution is 7.92. The van der Waals surface area contributed by atoms with Crippen LogP contribution in [0.2, 0.25) is 5.02 Å². The minimum atomic E-state index is -3.80. The molecule has 1 fully saturated rings. The van der Waals surface area contributed by atoms with Gasteiger partial charge in [0.25, 0.3) is 0 Å². The van der Waals surface area contributed by atoms with E-state index in [1.165, 1.54) is 4.90 Å².